The first kappa shape index (κ1) is 10.3. The molecule has 1 aromatic rings. The second-order valence-electron chi connectivity index (χ2n) is 4.39. The minimum atomic E-state index is -1.77. The van der Waals surface area contributed by atoms with Crippen LogP contribution in [0.5, 0.6) is 0 Å². The zero-order valence-corrected chi connectivity index (χ0v) is 10.8. The van der Waals surface area contributed by atoms with Crippen LogP contribution in [0.1, 0.15) is 11.1 Å². The van der Waals surface area contributed by atoms with Crippen molar-refractivity contribution in [2.45, 2.75) is 24.2 Å². The van der Waals surface area contributed by atoms with Gasteiger partial charge in [0.2, 0.25) is 0 Å². The van der Waals surface area contributed by atoms with E-state index in [1.165, 1.54) is 9.96 Å². The van der Waals surface area contributed by atoms with Gasteiger partial charge < -0.3 is 0 Å². The van der Waals surface area contributed by atoms with Crippen LogP contribution in [0.3, 0.4) is 0 Å². The third-order valence-corrected chi connectivity index (χ3v) is 6.70. The molecule has 0 radical (unpaired) electrons. The van der Waals surface area contributed by atoms with Crippen LogP contribution in [-0.2, 0) is 0 Å². The van der Waals surface area contributed by atoms with Gasteiger partial charge >= 0.3 is 82.5 Å². The molecular formula is C11H15GeN. The Balaban J connectivity index is 3.29. The van der Waals surface area contributed by atoms with Crippen molar-refractivity contribution in [1.29, 1.82) is 5.26 Å². The second-order valence-corrected chi connectivity index (χ2v) is 15.0. The monoisotopic (exact) mass is 235 g/mol. The van der Waals surface area contributed by atoms with Crippen molar-refractivity contribution < 1.29 is 0 Å². The van der Waals surface area contributed by atoms with Gasteiger partial charge in [-0.15, -0.1) is 0 Å². The van der Waals surface area contributed by atoms with E-state index in [9.17, 15) is 0 Å². The van der Waals surface area contributed by atoms with Gasteiger partial charge in [0.1, 0.15) is 0 Å². The number of hydrogen-bond acceptors (Lipinski definition) is 1. The van der Waals surface area contributed by atoms with E-state index in [0.29, 0.717) is 0 Å². The van der Waals surface area contributed by atoms with Crippen LogP contribution < -0.4 is 4.40 Å². The first-order valence-corrected chi connectivity index (χ1v) is 11.8. The zero-order chi connectivity index (χ0) is 10.1. The van der Waals surface area contributed by atoms with Gasteiger partial charge in [-0.2, -0.15) is 0 Å². The molecule has 0 unspecified atom stereocenters. The topological polar surface area (TPSA) is 23.8 Å². The Hall–Kier alpha value is -0.747. The average molecular weight is 234 g/mol. The van der Waals surface area contributed by atoms with Crippen LogP contribution in [-0.4, -0.2) is 13.3 Å². The summed E-state index contributed by atoms with van der Waals surface area (Å²) in [7, 11) is 0. The molecule has 1 nitrogen and oxygen atoms in total. The molecule has 0 atom stereocenters. The minimum absolute atomic E-state index is 0.793. The van der Waals surface area contributed by atoms with Crippen molar-refractivity contribution in [3.05, 3.63) is 29.3 Å². The molecule has 0 amide bonds. The molecule has 0 aromatic heterocycles. The maximum atomic E-state index is 8.79. The third kappa shape index (κ3) is 2.35. The Labute approximate surface area is 82.8 Å². The van der Waals surface area contributed by atoms with Gasteiger partial charge in [-0.05, 0) is 0 Å². The van der Waals surface area contributed by atoms with Crippen molar-refractivity contribution in [2.24, 2.45) is 0 Å². The van der Waals surface area contributed by atoms with Crippen molar-refractivity contribution in [2.75, 3.05) is 0 Å². The van der Waals surface area contributed by atoms with Gasteiger partial charge in [0.05, 0.1) is 0 Å². The molecule has 2 heteroatoms. The Morgan fingerprint density at radius 1 is 1.23 bits per heavy atom. The molecule has 0 saturated carbocycles. The van der Waals surface area contributed by atoms with Gasteiger partial charge in [0.25, 0.3) is 0 Å². The number of nitriles is 1. The fourth-order valence-electron chi connectivity index (χ4n) is 1.50. The van der Waals surface area contributed by atoms with Gasteiger partial charge in [-0.25, -0.2) is 0 Å². The van der Waals surface area contributed by atoms with Crippen molar-refractivity contribution in [1.82, 2.24) is 0 Å². The van der Waals surface area contributed by atoms with E-state index in [0.717, 1.165) is 5.56 Å². The van der Waals surface area contributed by atoms with Crippen LogP contribution in [0.15, 0.2) is 18.2 Å². The summed E-state index contributed by atoms with van der Waals surface area (Å²) in [5.74, 6) is 7.05. The van der Waals surface area contributed by atoms with Gasteiger partial charge in [0, 0.05) is 0 Å². The molecule has 0 heterocycles. The molecule has 0 saturated heterocycles. The van der Waals surface area contributed by atoms with E-state index in [1.807, 2.05) is 6.07 Å². The molecular weight excluding hydrogens is 219 g/mol. The van der Waals surface area contributed by atoms with Crippen LogP contribution in [0.4, 0.5) is 0 Å². The Morgan fingerprint density at radius 3 is 2.31 bits per heavy atom. The summed E-state index contributed by atoms with van der Waals surface area (Å²) >= 11 is -1.77. The van der Waals surface area contributed by atoms with Crippen LogP contribution in [0.25, 0.3) is 0 Å². The summed E-state index contributed by atoms with van der Waals surface area (Å²) < 4.78 is 1.44. The number of benzene rings is 1. The summed E-state index contributed by atoms with van der Waals surface area (Å²) in [4.78, 5) is 0. The summed E-state index contributed by atoms with van der Waals surface area (Å²) in [5.41, 5.74) is 2.13. The molecule has 1 aromatic carbocycles. The molecule has 0 aliphatic rings. The fraction of sp³-hybridized carbons (Fsp3) is 0.364. The SMILES string of the molecule is Cc1ccc(C#N)c[c]1[Ge]([CH3])([CH3])[CH3]. The van der Waals surface area contributed by atoms with E-state index < -0.39 is 13.3 Å². The average Bonchev–Trinajstić information content (AvgIpc) is 2.03. The van der Waals surface area contributed by atoms with Gasteiger partial charge in [-0.3, -0.25) is 0 Å². The third-order valence-electron chi connectivity index (χ3n) is 2.17. The molecule has 0 fully saturated rings. The standard InChI is InChI=1S/C11H15GeN/c1-9-5-6-10(8-13)7-11(9)12(2,3)4/h5-7H,1-4H3. The number of hydrogen-bond donors (Lipinski definition) is 0. The Bertz CT molecular complexity index is 355. The van der Waals surface area contributed by atoms with E-state index >= 15 is 0 Å². The molecule has 0 aliphatic carbocycles. The first-order chi connectivity index (χ1) is 5.95. The predicted octanol–water partition coefficient (Wildman–Crippen LogP) is 2.41. The van der Waals surface area contributed by atoms with E-state index in [4.69, 9.17) is 5.26 Å². The van der Waals surface area contributed by atoms with Gasteiger partial charge in [0.15, 0.2) is 0 Å². The summed E-state index contributed by atoms with van der Waals surface area (Å²) in [5, 5.41) is 8.79. The van der Waals surface area contributed by atoms with Crippen molar-refractivity contribution in [3.63, 3.8) is 0 Å². The number of aryl methyl sites for hydroxylation is 1. The maximum absolute atomic E-state index is 8.79. The quantitative estimate of drug-likeness (QED) is 0.684. The molecule has 0 bridgehead atoms. The zero-order valence-electron chi connectivity index (χ0n) is 8.68. The number of rotatable bonds is 1. The van der Waals surface area contributed by atoms with E-state index in [1.54, 1.807) is 0 Å². The molecule has 1 rings (SSSR count). The van der Waals surface area contributed by atoms with Crippen LogP contribution >= 0.6 is 0 Å². The van der Waals surface area contributed by atoms with E-state index in [-0.39, 0.29) is 0 Å². The van der Waals surface area contributed by atoms with Crippen LogP contribution in [0, 0.1) is 18.3 Å². The van der Waals surface area contributed by atoms with Crippen molar-refractivity contribution in [3.8, 4) is 6.07 Å². The normalized spacial score (nSPS) is 11.0. The summed E-state index contributed by atoms with van der Waals surface area (Å²) in [6.45, 7) is 2.13. The predicted molar refractivity (Wildman–Crippen MR) is 58.9 cm³/mol. The molecule has 0 spiro atoms. The summed E-state index contributed by atoms with van der Waals surface area (Å²) in [6.07, 6.45) is 0. The van der Waals surface area contributed by atoms with E-state index in [2.05, 4.69) is 42.4 Å². The molecule has 68 valence electrons. The molecule has 0 aliphatic heterocycles. The Morgan fingerprint density at radius 2 is 1.85 bits per heavy atom. The number of nitrogens with zero attached hydrogens (tertiary/aromatic N) is 1. The second kappa shape index (κ2) is 3.55. The fourth-order valence-corrected chi connectivity index (χ4v) is 5.39. The van der Waals surface area contributed by atoms with Crippen LogP contribution in [0.2, 0.25) is 17.3 Å². The van der Waals surface area contributed by atoms with Crippen molar-refractivity contribution >= 4 is 17.7 Å². The van der Waals surface area contributed by atoms with Gasteiger partial charge in [-0.1, -0.05) is 0 Å². The first-order valence-electron chi connectivity index (χ1n) is 4.46. The molecule has 0 N–H and O–H groups in total. The Kier molecular flexibility index (Phi) is 2.82. The summed E-state index contributed by atoms with van der Waals surface area (Å²) in [6, 6.07) is 8.22. The molecule has 13 heavy (non-hydrogen) atoms.